The topological polar surface area (TPSA) is 119 Å². The Kier molecular flexibility index (Phi) is 8.44. The summed E-state index contributed by atoms with van der Waals surface area (Å²) in [5, 5.41) is 11.6. The highest BCUT2D eigenvalue weighted by molar-refractivity contribution is 7.92. The maximum Gasteiger partial charge on any atom is 0.253 e. The molecule has 1 saturated heterocycles. The van der Waals surface area contributed by atoms with Crippen LogP contribution in [0.1, 0.15) is 56.2 Å². The minimum Gasteiger partial charge on any atom is -0.351 e. The second-order valence-corrected chi connectivity index (χ2v) is 11.2. The number of rotatable bonds is 8. The SMILES string of the molecule is Cc1ccc(C(=O)N2CCC(c3ccc(C#N)cc3)CC2)cc1NS(=O)(=O)CCNC(=O)c1ccccc1. The lowest BCUT2D eigenvalue weighted by molar-refractivity contribution is 0.0713. The molecule has 3 aromatic carbocycles. The Balaban J connectivity index is 1.33. The zero-order valence-electron chi connectivity index (χ0n) is 21.2. The van der Waals surface area contributed by atoms with E-state index < -0.39 is 10.0 Å². The van der Waals surface area contributed by atoms with Gasteiger partial charge in [-0.3, -0.25) is 14.3 Å². The van der Waals surface area contributed by atoms with Crippen LogP contribution in [-0.2, 0) is 10.0 Å². The first-order valence-corrected chi connectivity index (χ1v) is 14.1. The normalized spacial score (nSPS) is 13.9. The zero-order valence-corrected chi connectivity index (χ0v) is 22.0. The van der Waals surface area contributed by atoms with Crippen LogP contribution in [0.25, 0.3) is 0 Å². The van der Waals surface area contributed by atoms with Crippen molar-refractivity contribution in [1.82, 2.24) is 10.2 Å². The maximum absolute atomic E-state index is 13.2. The quantitative estimate of drug-likeness (QED) is 0.455. The number of anilines is 1. The summed E-state index contributed by atoms with van der Waals surface area (Å²) in [5.74, 6) is -0.451. The van der Waals surface area contributed by atoms with Gasteiger partial charge in [0.1, 0.15) is 0 Å². The fraction of sp³-hybridized carbons (Fsp3) is 0.276. The van der Waals surface area contributed by atoms with Gasteiger partial charge in [-0.2, -0.15) is 5.26 Å². The van der Waals surface area contributed by atoms with Gasteiger partial charge in [-0.15, -0.1) is 0 Å². The van der Waals surface area contributed by atoms with Crippen molar-refractivity contribution < 1.29 is 18.0 Å². The van der Waals surface area contributed by atoms with Gasteiger partial charge in [0.25, 0.3) is 11.8 Å². The molecule has 9 heteroatoms. The molecular formula is C29H30N4O4S. The highest BCUT2D eigenvalue weighted by atomic mass is 32.2. The number of nitrogens with one attached hydrogen (secondary N) is 2. The van der Waals surface area contributed by atoms with Crippen molar-refractivity contribution in [3.8, 4) is 6.07 Å². The Morgan fingerprint density at radius 3 is 2.32 bits per heavy atom. The van der Waals surface area contributed by atoms with Gasteiger partial charge in [0.05, 0.1) is 23.1 Å². The van der Waals surface area contributed by atoms with E-state index in [2.05, 4.69) is 16.1 Å². The maximum atomic E-state index is 13.2. The van der Waals surface area contributed by atoms with Crippen molar-refractivity contribution in [2.45, 2.75) is 25.7 Å². The summed E-state index contributed by atoms with van der Waals surface area (Å²) in [6, 6.07) is 23.3. The third-order valence-electron chi connectivity index (χ3n) is 6.74. The fourth-order valence-corrected chi connectivity index (χ4v) is 5.53. The fourth-order valence-electron chi connectivity index (χ4n) is 4.50. The number of carbonyl (C=O) groups excluding carboxylic acids is 2. The number of sulfonamides is 1. The first-order chi connectivity index (χ1) is 18.3. The van der Waals surface area contributed by atoms with Gasteiger partial charge in [-0.25, -0.2) is 8.42 Å². The Hall–Kier alpha value is -4.16. The third kappa shape index (κ3) is 6.78. The van der Waals surface area contributed by atoms with E-state index in [4.69, 9.17) is 5.26 Å². The molecule has 0 aromatic heterocycles. The minimum atomic E-state index is -3.76. The number of hydrogen-bond acceptors (Lipinski definition) is 5. The highest BCUT2D eigenvalue weighted by Gasteiger charge is 2.25. The molecule has 0 unspecified atom stereocenters. The van der Waals surface area contributed by atoms with Crippen molar-refractivity contribution in [2.24, 2.45) is 0 Å². The van der Waals surface area contributed by atoms with Gasteiger partial charge in [-0.05, 0) is 73.2 Å². The molecular weight excluding hydrogens is 500 g/mol. The number of nitrogens with zero attached hydrogens (tertiary/aromatic N) is 2. The first kappa shape index (κ1) is 26.9. The molecule has 4 rings (SSSR count). The van der Waals surface area contributed by atoms with Crippen molar-refractivity contribution in [1.29, 1.82) is 5.26 Å². The van der Waals surface area contributed by atoms with Gasteiger partial charge < -0.3 is 10.2 Å². The number of amides is 2. The molecule has 8 nitrogen and oxygen atoms in total. The Bertz CT molecular complexity index is 1440. The zero-order chi connectivity index (χ0) is 27.1. The number of nitriles is 1. The van der Waals surface area contributed by atoms with Gasteiger partial charge in [0, 0.05) is 30.8 Å². The Morgan fingerprint density at radius 2 is 1.66 bits per heavy atom. The predicted molar refractivity (Wildman–Crippen MR) is 146 cm³/mol. The Morgan fingerprint density at radius 1 is 0.974 bits per heavy atom. The molecule has 0 spiro atoms. The number of benzene rings is 3. The molecule has 196 valence electrons. The molecule has 2 amide bonds. The standard InChI is InChI=1S/C29H30N4O4S/c1-21-7-10-26(29(35)33-16-13-24(14-17-33)23-11-8-22(20-30)9-12-23)19-27(21)32-38(36,37)18-15-31-28(34)25-5-3-2-4-6-25/h2-12,19,24,32H,13-18H2,1H3,(H,31,34). The van der Waals surface area contributed by atoms with Crippen LogP contribution in [0.3, 0.4) is 0 Å². The first-order valence-electron chi connectivity index (χ1n) is 12.5. The smallest absolute Gasteiger partial charge is 0.253 e. The summed E-state index contributed by atoms with van der Waals surface area (Å²) in [4.78, 5) is 27.2. The second kappa shape index (κ2) is 11.9. The van der Waals surface area contributed by atoms with Crippen molar-refractivity contribution in [2.75, 3.05) is 30.1 Å². The average Bonchev–Trinajstić information content (AvgIpc) is 2.94. The van der Waals surface area contributed by atoms with Crippen LogP contribution < -0.4 is 10.0 Å². The van der Waals surface area contributed by atoms with E-state index >= 15 is 0 Å². The molecule has 0 atom stereocenters. The van der Waals surface area contributed by atoms with Crippen molar-refractivity contribution in [3.05, 3.63) is 101 Å². The van der Waals surface area contributed by atoms with Crippen molar-refractivity contribution in [3.63, 3.8) is 0 Å². The van der Waals surface area contributed by atoms with Gasteiger partial charge in [0.2, 0.25) is 10.0 Å². The molecule has 0 radical (unpaired) electrons. The molecule has 0 aliphatic carbocycles. The molecule has 2 N–H and O–H groups in total. The van der Waals surface area contributed by atoms with E-state index in [0.29, 0.717) is 46.9 Å². The molecule has 1 fully saturated rings. The molecule has 1 aliphatic heterocycles. The lowest BCUT2D eigenvalue weighted by Crippen LogP contribution is -2.38. The number of hydrogen-bond donors (Lipinski definition) is 2. The van der Waals surface area contributed by atoms with Crippen molar-refractivity contribution >= 4 is 27.5 Å². The number of carbonyl (C=O) groups is 2. The minimum absolute atomic E-state index is 0.0467. The monoisotopic (exact) mass is 530 g/mol. The van der Waals surface area contributed by atoms with E-state index in [0.717, 1.165) is 12.8 Å². The Labute approximate surface area is 223 Å². The van der Waals surface area contributed by atoms with Crippen LogP contribution in [-0.4, -0.2) is 50.5 Å². The number of piperidine rings is 1. The second-order valence-electron chi connectivity index (χ2n) is 9.37. The molecule has 3 aromatic rings. The summed E-state index contributed by atoms with van der Waals surface area (Å²) in [5.41, 5.74) is 3.71. The predicted octanol–water partition coefficient (Wildman–Crippen LogP) is 4.06. The average molecular weight is 531 g/mol. The van der Waals surface area contributed by atoms with Gasteiger partial charge >= 0.3 is 0 Å². The number of likely N-dealkylation sites (tertiary alicyclic amines) is 1. The van der Waals surface area contributed by atoms with E-state index in [1.54, 1.807) is 60.4 Å². The van der Waals surface area contributed by atoms with E-state index in [-0.39, 0.29) is 24.1 Å². The molecule has 38 heavy (non-hydrogen) atoms. The van der Waals surface area contributed by atoms with Crippen LogP contribution in [0, 0.1) is 18.3 Å². The van der Waals surface area contributed by atoms with Crippen LogP contribution >= 0.6 is 0 Å². The number of aryl methyl sites for hydroxylation is 1. The lowest BCUT2D eigenvalue weighted by Gasteiger charge is -2.32. The van der Waals surface area contributed by atoms with Crippen LogP contribution in [0.2, 0.25) is 0 Å². The van der Waals surface area contributed by atoms with Crippen LogP contribution in [0.15, 0.2) is 72.8 Å². The van der Waals surface area contributed by atoms with E-state index in [9.17, 15) is 18.0 Å². The largest absolute Gasteiger partial charge is 0.351 e. The molecule has 0 bridgehead atoms. The summed E-state index contributed by atoms with van der Waals surface area (Å²) in [6.45, 7) is 2.92. The highest BCUT2D eigenvalue weighted by Crippen LogP contribution is 2.29. The van der Waals surface area contributed by atoms with E-state index in [1.807, 2.05) is 24.3 Å². The van der Waals surface area contributed by atoms with E-state index in [1.165, 1.54) is 5.56 Å². The summed E-state index contributed by atoms with van der Waals surface area (Å²) < 4.78 is 27.9. The molecule has 1 heterocycles. The molecule has 0 saturated carbocycles. The molecule has 1 aliphatic rings. The summed E-state index contributed by atoms with van der Waals surface area (Å²) >= 11 is 0. The summed E-state index contributed by atoms with van der Waals surface area (Å²) in [6.07, 6.45) is 1.63. The summed E-state index contributed by atoms with van der Waals surface area (Å²) in [7, 11) is -3.76. The van der Waals surface area contributed by atoms with Gasteiger partial charge in [-0.1, -0.05) is 36.4 Å². The van der Waals surface area contributed by atoms with Crippen LogP contribution in [0.5, 0.6) is 0 Å². The van der Waals surface area contributed by atoms with Crippen LogP contribution in [0.4, 0.5) is 5.69 Å². The lowest BCUT2D eigenvalue weighted by atomic mass is 9.89. The third-order valence-corrected chi connectivity index (χ3v) is 8.01. The van der Waals surface area contributed by atoms with Gasteiger partial charge in [0.15, 0.2) is 0 Å².